The van der Waals surface area contributed by atoms with E-state index in [0.29, 0.717) is 5.69 Å². The number of hydrogen-bond acceptors (Lipinski definition) is 6. The number of anilines is 1. The third kappa shape index (κ3) is 3.49. The van der Waals surface area contributed by atoms with Crippen molar-refractivity contribution in [2.45, 2.75) is 31.9 Å². The molecule has 1 atom stereocenters. The number of nitrogens with zero attached hydrogens (tertiary/aromatic N) is 2. The summed E-state index contributed by atoms with van der Waals surface area (Å²) in [5, 5.41) is 13.6. The molecule has 1 aliphatic rings. The van der Waals surface area contributed by atoms with Crippen molar-refractivity contribution < 1.29 is 24.0 Å². The first-order valence-electron chi connectivity index (χ1n) is 9.15. The molecule has 30 heavy (non-hydrogen) atoms. The second-order valence-corrected chi connectivity index (χ2v) is 7.96. The average molecular weight is 411 g/mol. The molecule has 1 unspecified atom stereocenters. The van der Waals surface area contributed by atoms with Crippen LogP contribution in [0.5, 0.6) is 0 Å². The maximum atomic E-state index is 13.3. The first-order chi connectivity index (χ1) is 14.0. The number of fused-ring (bicyclic) bond motifs is 1. The summed E-state index contributed by atoms with van der Waals surface area (Å²) in [6.45, 7) is 5.23. The van der Waals surface area contributed by atoms with Crippen LogP contribution in [0.4, 0.5) is 11.4 Å². The van der Waals surface area contributed by atoms with Crippen molar-refractivity contribution in [1.29, 1.82) is 0 Å². The van der Waals surface area contributed by atoms with Crippen molar-refractivity contribution in [2.24, 2.45) is 0 Å². The maximum Gasteiger partial charge on any atom is 0.340 e. The van der Waals surface area contributed by atoms with E-state index in [9.17, 15) is 24.5 Å². The number of nitro groups is 1. The Kier molecular flexibility index (Phi) is 5.07. The van der Waals surface area contributed by atoms with Crippen LogP contribution in [-0.4, -0.2) is 35.3 Å². The van der Waals surface area contributed by atoms with Gasteiger partial charge in [-0.25, -0.2) is 4.79 Å². The summed E-state index contributed by atoms with van der Waals surface area (Å²) in [5.74, 6) is -2.43. The highest BCUT2D eigenvalue weighted by Crippen LogP contribution is 2.43. The zero-order valence-corrected chi connectivity index (χ0v) is 17.0. The number of carbonyl (C=O) groups excluding carboxylic acids is 3. The zero-order valence-electron chi connectivity index (χ0n) is 17.0. The molecular weight excluding hydrogens is 390 g/mol. The minimum atomic E-state index is -2.21. The third-order valence-electron chi connectivity index (χ3n) is 4.62. The molecule has 1 aliphatic heterocycles. The van der Waals surface area contributed by atoms with Gasteiger partial charge in [-0.15, -0.1) is 0 Å². The summed E-state index contributed by atoms with van der Waals surface area (Å²) >= 11 is 0. The molecule has 0 spiro atoms. The molecular formula is C21H21N3O6. The minimum Gasteiger partial charge on any atom is -0.430 e. The minimum absolute atomic E-state index is 0.0247. The van der Waals surface area contributed by atoms with Crippen LogP contribution in [0.1, 0.15) is 36.7 Å². The number of nitrogens with one attached hydrogen (secondary N) is 1. The van der Waals surface area contributed by atoms with Gasteiger partial charge in [-0.05, 0) is 39.0 Å². The fourth-order valence-electron chi connectivity index (χ4n) is 3.23. The molecule has 1 heterocycles. The number of para-hydroxylation sites is 1. The van der Waals surface area contributed by atoms with Gasteiger partial charge in [0, 0.05) is 30.3 Å². The van der Waals surface area contributed by atoms with Crippen molar-refractivity contribution in [3.63, 3.8) is 0 Å². The molecule has 9 nitrogen and oxygen atoms in total. The van der Waals surface area contributed by atoms with Gasteiger partial charge in [0.25, 0.3) is 23.1 Å². The SMILES string of the molecule is CN1C(=O)C(OC(=O)c2ccc([N+](=O)[O-])cc2)(C(=O)NC(C)(C)C)c2ccccc21. The van der Waals surface area contributed by atoms with Crippen LogP contribution in [-0.2, 0) is 19.9 Å². The van der Waals surface area contributed by atoms with Gasteiger partial charge in [0.1, 0.15) is 0 Å². The number of ether oxygens (including phenoxy) is 1. The van der Waals surface area contributed by atoms with E-state index in [1.165, 1.54) is 24.1 Å². The predicted molar refractivity (Wildman–Crippen MR) is 108 cm³/mol. The maximum absolute atomic E-state index is 13.3. The van der Waals surface area contributed by atoms with E-state index in [0.717, 1.165) is 12.1 Å². The number of rotatable bonds is 4. The smallest absolute Gasteiger partial charge is 0.340 e. The Morgan fingerprint density at radius 3 is 2.27 bits per heavy atom. The van der Waals surface area contributed by atoms with E-state index >= 15 is 0 Å². The van der Waals surface area contributed by atoms with Gasteiger partial charge >= 0.3 is 5.97 Å². The average Bonchev–Trinajstić information content (AvgIpc) is 2.90. The van der Waals surface area contributed by atoms with Gasteiger partial charge in [0.15, 0.2) is 0 Å². The Morgan fingerprint density at radius 2 is 1.70 bits per heavy atom. The molecule has 1 N–H and O–H groups in total. The molecule has 0 aromatic heterocycles. The molecule has 9 heteroatoms. The molecule has 0 fully saturated rings. The van der Waals surface area contributed by atoms with Crippen molar-refractivity contribution in [3.8, 4) is 0 Å². The second-order valence-electron chi connectivity index (χ2n) is 7.96. The number of amides is 2. The van der Waals surface area contributed by atoms with Gasteiger partial charge in [0.2, 0.25) is 0 Å². The molecule has 0 aliphatic carbocycles. The lowest BCUT2D eigenvalue weighted by molar-refractivity contribution is -0.384. The van der Waals surface area contributed by atoms with E-state index < -0.39 is 33.8 Å². The molecule has 2 amide bonds. The fourth-order valence-corrected chi connectivity index (χ4v) is 3.23. The van der Waals surface area contributed by atoms with Crippen molar-refractivity contribution >= 4 is 29.2 Å². The van der Waals surface area contributed by atoms with Gasteiger partial charge in [-0.2, -0.15) is 0 Å². The summed E-state index contributed by atoms with van der Waals surface area (Å²) in [6, 6.07) is 11.3. The third-order valence-corrected chi connectivity index (χ3v) is 4.62. The van der Waals surface area contributed by atoms with Crippen molar-refractivity contribution in [1.82, 2.24) is 5.32 Å². The van der Waals surface area contributed by atoms with Crippen LogP contribution in [0.3, 0.4) is 0 Å². The first kappa shape index (κ1) is 21.0. The summed E-state index contributed by atoms with van der Waals surface area (Å²) < 4.78 is 5.59. The number of carbonyl (C=O) groups is 3. The highest BCUT2D eigenvalue weighted by molar-refractivity contribution is 6.21. The number of likely N-dealkylation sites (N-methyl/N-ethyl adjacent to an activating group) is 1. The molecule has 0 saturated carbocycles. The largest absolute Gasteiger partial charge is 0.430 e. The van der Waals surface area contributed by atoms with Gasteiger partial charge in [-0.3, -0.25) is 19.7 Å². The summed E-state index contributed by atoms with van der Waals surface area (Å²) in [4.78, 5) is 50.9. The summed E-state index contributed by atoms with van der Waals surface area (Å²) in [5.41, 5.74) is -2.44. The number of non-ortho nitro benzene ring substituents is 1. The highest BCUT2D eigenvalue weighted by atomic mass is 16.6. The molecule has 3 rings (SSSR count). The fraction of sp³-hybridized carbons (Fsp3) is 0.286. The number of benzene rings is 2. The van der Waals surface area contributed by atoms with Crippen LogP contribution in [0.25, 0.3) is 0 Å². The lowest BCUT2D eigenvalue weighted by atomic mass is 9.92. The Morgan fingerprint density at radius 1 is 1.10 bits per heavy atom. The molecule has 0 saturated heterocycles. The molecule has 0 bridgehead atoms. The Bertz CT molecular complexity index is 1040. The van der Waals surface area contributed by atoms with Crippen LogP contribution >= 0.6 is 0 Å². The monoisotopic (exact) mass is 411 g/mol. The zero-order chi connectivity index (χ0) is 22.3. The molecule has 2 aromatic carbocycles. The second kappa shape index (κ2) is 7.25. The molecule has 2 aromatic rings. The van der Waals surface area contributed by atoms with E-state index in [1.807, 2.05) is 0 Å². The lowest BCUT2D eigenvalue weighted by Crippen LogP contribution is -2.57. The predicted octanol–water partition coefficient (Wildman–Crippen LogP) is 2.54. The van der Waals surface area contributed by atoms with E-state index in [4.69, 9.17) is 4.74 Å². The lowest BCUT2D eigenvalue weighted by Gasteiger charge is -2.31. The van der Waals surface area contributed by atoms with Gasteiger partial charge in [-0.1, -0.05) is 18.2 Å². The van der Waals surface area contributed by atoms with E-state index in [-0.39, 0.29) is 16.8 Å². The number of hydrogen-bond donors (Lipinski definition) is 1. The van der Waals surface area contributed by atoms with Crippen molar-refractivity contribution in [2.75, 3.05) is 11.9 Å². The van der Waals surface area contributed by atoms with Crippen LogP contribution < -0.4 is 10.2 Å². The summed E-state index contributed by atoms with van der Waals surface area (Å²) in [7, 11) is 1.49. The number of esters is 1. The Labute approximate surface area is 172 Å². The van der Waals surface area contributed by atoms with E-state index in [2.05, 4.69) is 5.32 Å². The normalized spacial score (nSPS) is 18.0. The topological polar surface area (TPSA) is 119 Å². The molecule has 0 radical (unpaired) electrons. The Hall–Kier alpha value is -3.75. The quantitative estimate of drug-likeness (QED) is 0.357. The van der Waals surface area contributed by atoms with Crippen molar-refractivity contribution in [3.05, 3.63) is 69.8 Å². The summed E-state index contributed by atoms with van der Waals surface area (Å²) in [6.07, 6.45) is 0. The highest BCUT2D eigenvalue weighted by Gasteiger charge is 2.59. The Balaban J connectivity index is 2.07. The van der Waals surface area contributed by atoms with Crippen LogP contribution in [0, 0.1) is 10.1 Å². The number of nitro benzene ring substituents is 1. The van der Waals surface area contributed by atoms with Gasteiger partial charge in [0.05, 0.1) is 16.2 Å². The first-order valence-corrected chi connectivity index (χ1v) is 9.15. The van der Waals surface area contributed by atoms with Crippen LogP contribution in [0.2, 0.25) is 0 Å². The standard InChI is InChI=1S/C21H21N3O6/c1-20(2,3)22-18(26)21(15-7-5-6-8-16(15)23(4)19(21)27)30-17(25)13-9-11-14(12-10-13)24(28)29/h5-12H,1-4H3,(H,22,26). The van der Waals surface area contributed by atoms with E-state index in [1.54, 1.807) is 45.0 Å². The van der Waals surface area contributed by atoms with Crippen LogP contribution in [0.15, 0.2) is 48.5 Å². The molecule has 156 valence electrons. The van der Waals surface area contributed by atoms with Gasteiger partial charge < -0.3 is 15.0 Å².